The summed E-state index contributed by atoms with van der Waals surface area (Å²) < 4.78 is 6.64. The Balaban J connectivity index is 1.93. The van der Waals surface area contributed by atoms with Gasteiger partial charge in [0.15, 0.2) is 0 Å². The highest BCUT2D eigenvalue weighted by atomic mass is 35.5. The average Bonchev–Trinajstić information content (AvgIpc) is 2.94. The summed E-state index contributed by atoms with van der Waals surface area (Å²) in [5.41, 5.74) is 1.70. The highest BCUT2D eigenvalue weighted by molar-refractivity contribution is 6.32. The number of rotatable bonds is 6. The van der Waals surface area contributed by atoms with E-state index in [4.69, 9.17) is 16.3 Å². The van der Waals surface area contributed by atoms with Crippen molar-refractivity contribution in [3.63, 3.8) is 0 Å². The Morgan fingerprint density at radius 2 is 2.08 bits per heavy atom. The Morgan fingerprint density at radius 1 is 1.33 bits per heavy atom. The minimum absolute atomic E-state index is 0.156. The van der Waals surface area contributed by atoms with Crippen LogP contribution in [0, 0.1) is 6.92 Å². The number of benzene rings is 1. The molecule has 128 valence electrons. The fourth-order valence-electron chi connectivity index (χ4n) is 2.17. The topological polar surface area (TPSA) is 85.2 Å². The molecule has 0 atom stereocenters. The number of aromatic nitrogens is 2. The quantitative estimate of drug-likeness (QED) is 0.836. The van der Waals surface area contributed by atoms with E-state index in [0.717, 1.165) is 5.69 Å². The number of carbonyl (C=O) groups excluding carboxylic acids is 2. The molecule has 0 aliphatic carbocycles. The molecule has 0 fully saturated rings. The summed E-state index contributed by atoms with van der Waals surface area (Å²) in [5.74, 6) is -0.185. The van der Waals surface area contributed by atoms with Gasteiger partial charge in [0.25, 0.3) is 5.91 Å². The van der Waals surface area contributed by atoms with E-state index in [9.17, 15) is 9.59 Å². The largest absolute Gasteiger partial charge is 0.495 e. The Labute approximate surface area is 144 Å². The van der Waals surface area contributed by atoms with Crippen molar-refractivity contribution in [2.24, 2.45) is 0 Å². The molecule has 0 unspecified atom stereocenters. The maximum absolute atomic E-state index is 12.1. The van der Waals surface area contributed by atoms with Gasteiger partial charge in [-0.1, -0.05) is 11.6 Å². The van der Waals surface area contributed by atoms with Crippen LogP contribution in [-0.4, -0.2) is 35.2 Å². The first-order chi connectivity index (χ1) is 11.4. The Morgan fingerprint density at radius 3 is 2.71 bits per heavy atom. The monoisotopic (exact) mass is 350 g/mol. The van der Waals surface area contributed by atoms with Gasteiger partial charge in [-0.3, -0.25) is 14.3 Å². The number of nitrogens with zero attached hydrogens (tertiary/aromatic N) is 2. The third-order valence-corrected chi connectivity index (χ3v) is 3.57. The molecule has 8 heteroatoms. The first-order valence-corrected chi connectivity index (χ1v) is 7.78. The predicted molar refractivity (Wildman–Crippen MR) is 91.6 cm³/mol. The smallest absolute Gasteiger partial charge is 0.269 e. The summed E-state index contributed by atoms with van der Waals surface area (Å²) in [6.07, 6.45) is 0. The number of carbonyl (C=O) groups is 2. The lowest BCUT2D eigenvalue weighted by molar-refractivity contribution is -0.115. The van der Waals surface area contributed by atoms with Crippen molar-refractivity contribution in [3.05, 3.63) is 40.7 Å². The van der Waals surface area contributed by atoms with Gasteiger partial charge in [-0.2, -0.15) is 5.10 Å². The summed E-state index contributed by atoms with van der Waals surface area (Å²) in [4.78, 5) is 24.1. The molecule has 0 radical (unpaired) electrons. The molecule has 1 heterocycles. The highest BCUT2D eigenvalue weighted by Gasteiger charge is 2.14. The van der Waals surface area contributed by atoms with Crippen LogP contribution < -0.4 is 15.4 Å². The van der Waals surface area contributed by atoms with Gasteiger partial charge >= 0.3 is 0 Å². The van der Waals surface area contributed by atoms with E-state index in [2.05, 4.69) is 15.7 Å². The molecule has 2 rings (SSSR count). The van der Waals surface area contributed by atoms with Gasteiger partial charge in [-0.25, -0.2) is 0 Å². The van der Waals surface area contributed by atoms with Crippen LogP contribution in [0.1, 0.15) is 23.1 Å². The number of nitrogens with one attached hydrogen (secondary N) is 2. The van der Waals surface area contributed by atoms with E-state index in [-0.39, 0.29) is 18.4 Å². The maximum atomic E-state index is 12.1. The molecule has 2 amide bonds. The number of anilines is 1. The van der Waals surface area contributed by atoms with Gasteiger partial charge in [0.05, 0.1) is 24.4 Å². The third-order valence-electron chi connectivity index (χ3n) is 3.28. The summed E-state index contributed by atoms with van der Waals surface area (Å²) in [6, 6.07) is 6.58. The number of ether oxygens (including phenoxy) is 1. The summed E-state index contributed by atoms with van der Waals surface area (Å²) in [6.45, 7) is 4.12. The lowest BCUT2D eigenvalue weighted by Gasteiger charge is -2.09. The van der Waals surface area contributed by atoms with Crippen LogP contribution in [-0.2, 0) is 11.3 Å². The molecule has 24 heavy (non-hydrogen) atoms. The molecular formula is C16H19ClN4O3. The van der Waals surface area contributed by atoms with Gasteiger partial charge < -0.3 is 15.4 Å². The van der Waals surface area contributed by atoms with Crippen LogP contribution in [0.4, 0.5) is 5.69 Å². The lowest BCUT2D eigenvalue weighted by atomic mass is 10.3. The van der Waals surface area contributed by atoms with Crippen LogP contribution in [0.25, 0.3) is 0 Å². The van der Waals surface area contributed by atoms with Crippen molar-refractivity contribution < 1.29 is 14.3 Å². The van der Waals surface area contributed by atoms with Crippen LogP contribution in [0.3, 0.4) is 0 Å². The van der Waals surface area contributed by atoms with Crippen molar-refractivity contribution in [2.75, 3.05) is 19.0 Å². The van der Waals surface area contributed by atoms with Crippen molar-refractivity contribution in [2.45, 2.75) is 20.4 Å². The average molecular weight is 351 g/mol. The molecule has 0 saturated carbocycles. The fraction of sp³-hybridized carbons (Fsp3) is 0.312. The molecule has 2 N–H and O–H groups in total. The number of hydrogen-bond donors (Lipinski definition) is 2. The summed E-state index contributed by atoms with van der Waals surface area (Å²) in [7, 11) is 1.51. The molecule has 7 nitrogen and oxygen atoms in total. The van der Waals surface area contributed by atoms with E-state index in [0.29, 0.717) is 28.7 Å². The second-order valence-electron chi connectivity index (χ2n) is 5.07. The van der Waals surface area contributed by atoms with Crippen molar-refractivity contribution in [1.82, 2.24) is 15.1 Å². The zero-order valence-corrected chi connectivity index (χ0v) is 14.5. The van der Waals surface area contributed by atoms with Crippen LogP contribution in [0.5, 0.6) is 5.75 Å². The van der Waals surface area contributed by atoms with Crippen LogP contribution in [0.2, 0.25) is 5.02 Å². The predicted octanol–water partition coefficient (Wildman–Crippen LogP) is 2.24. The van der Waals surface area contributed by atoms with Gasteiger partial charge in [-0.05, 0) is 38.1 Å². The van der Waals surface area contributed by atoms with Gasteiger partial charge in [0.1, 0.15) is 11.4 Å². The standard InChI is InChI=1S/C16H19ClN4O3/c1-4-21-13(7-10(2)20-21)16(23)18-9-15(22)19-11-5-6-14(24-3)12(17)8-11/h5-8H,4,9H2,1-3H3,(H,18,23)(H,19,22). The summed E-state index contributed by atoms with van der Waals surface area (Å²) in [5, 5.41) is 9.82. The molecule has 0 spiro atoms. The maximum Gasteiger partial charge on any atom is 0.269 e. The van der Waals surface area contributed by atoms with E-state index < -0.39 is 0 Å². The van der Waals surface area contributed by atoms with Crippen molar-refractivity contribution >= 4 is 29.1 Å². The van der Waals surface area contributed by atoms with Crippen molar-refractivity contribution in [1.29, 1.82) is 0 Å². The van der Waals surface area contributed by atoms with E-state index in [1.807, 2.05) is 13.8 Å². The Kier molecular flexibility index (Phi) is 5.81. The van der Waals surface area contributed by atoms with Crippen LogP contribution in [0.15, 0.2) is 24.3 Å². The van der Waals surface area contributed by atoms with Crippen molar-refractivity contribution in [3.8, 4) is 5.75 Å². The number of amides is 2. The number of aryl methyl sites for hydroxylation is 2. The number of methoxy groups -OCH3 is 1. The second kappa shape index (κ2) is 7.83. The Bertz CT molecular complexity index is 758. The van der Waals surface area contributed by atoms with E-state index >= 15 is 0 Å². The molecule has 2 aromatic rings. The molecular weight excluding hydrogens is 332 g/mol. The van der Waals surface area contributed by atoms with E-state index in [1.54, 1.807) is 28.9 Å². The molecule has 0 saturated heterocycles. The van der Waals surface area contributed by atoms with E-state index in [1.165, 1.54) is 7.11 Å². The highest BCUT2D eigenvalue weighted by Crippen LogP contribution is 2.27. The second-order valence-corrected chi connectivity index (χ2v) is 5.47. The molecule has 1 aromatic heterocycles. The van der Waals surface area contributed by atoms with Crippen LogP contribution >= 0.6 is 11.6 Å². The SMILES string of the molecule is CCn1nc(C)cc1C(=O)NCC(=O)Nc1ccc(OC)c(Cl)c1. The first kappa shape index (κ1) is 17.8. The minimum atomic E-state index is -0.358. The molecule has 0 aliphatic heterocycles. The van der Waals surface area contributed by atoms with Gasteiger partial charge in [0.2, 0.25) is 5.91 Å². The number of halogens is 1. The molecule has 1 aromatic carbocycles. The fourth-order valence-corrected chi connectivity index (χ4v) is 2.43. The number of hydrogen-bond acceptors (Lipinski definition) is 4. The third kappa shape index (κ3) is 4.26. The lowest BCUT2D eigenvalue weighted by Crippen LogP contribution is -2.34. The zero-order valence-electron chi connectivity index (χ0n) is 13.7. The molecule has 0 aliphatic rings. The first-order valence-electron chi connectivity index (χ1n) is 7.40. The Hall–Kier alpha value is -2.54. The zero-order chi connectivity index (χ0) is 17.7. The van der Waals surface area contributed by atoms with Gasteiger partial charge in [0, 0.05) is 12.2 Å². The molecule has 0 bridgehead atoms. The summed E-state index contributed by atoms with van der Waals surface area (Å²) >= 11 is 6.00. The van der Waals surface area contributed by atoms with Gasteiger partial charge in [-0.15, -0.1) is 0 Å². The normalized spacial score (nSPS) is 10.3. The minimum Gasteiger partial charge on any atom is -0.495 e.